The van der Waals surface area contributed by atoms with Gasteiger partial charge in [-0.25, -0.2) is 13.8 Å². The van der Waals surface area contributed by atoms with Crippen LogP contribution in [0.1, 0.15) is 15.9 Å². The fourth-order valence-electron chi connectivity index (χ4n) is 2.41. The maximum absolute atomic E-state index is 12.6. The van der Waals surface area contributed by atoms with Gasteiger partial charge in [-0.15, -0.1) is 11.3 Å². The summed E-state index contributed by atoms with van der Waals surface area (Å²) in [5.41, 5.74) is 3.37. The summed E-state index contributed by atoms with van der Waals surface area (Å²) >= 11 is 4.46. The highest BCUT2D eigenvalue weighted by atomic mass is 79.9. The topological polar surface area (TPSA) is 96.9 Å². The van der Waals surface area contributed by atoms with E-state index in [1.807, 2.05) is 6.07 Å². The molecule has 0 atom stereocenters. The molecule has 0 saturated carbocycles. The van der Waals surface area contributed by atoms with Crippen LogP contribution in [0.2, 0.25) is 0 Å². The molecule has 7 nitrogen and oxygen atoms in total. The average molecular weight is 494 g/mol. The van der Waals surface area contributed by atoms with E-state index in [-0.39, 0.29) is 15.5 Å². The number of carbonyl (C=O) groups is 1. The number of sulfonamides is 1. The van der Waals surface area contributed by atoms with E-state index in [4.69, 9.17) is 4.74 Å². The Labute approximate surface area is 180 Å². The number of carbonyl (C=O) groups excluding carboxylic acids is 1. The van der Waals surface area contributed by atoms with Gasteiger partial charge in [0.15, 0.2) is 0 Å². The standard InChI is InChI=1S/C19H16BrN3O4S2/c1-27-17-9-8-14(20)11-13(17)12-21-22-19(24)15-5-2-3-6-16(15)23-29(25,26)18-7-4-10-28-18/h2-12,23H,1H3,(H,22,24)/b21-12+. The summed E-state index contributed by atoms with van der Waals surface area (Å²) in [5.74, 6) is 0.0370. The molecule has 3 aromatic rings. The summed E-state index contributed by atoms with van der Waals surface area (Å²) in [4.78, 5) is 12.6. The van der Waals surface area contributed by atoms with E-state index in [1.165, 1.54) is 31.5 Å². The number of benzene rings is 2. The van der Waals surface area contributed by atoms with Crippen LogP contribution in [0.15, 0.2) is 73.8 Å². The van der Waals surface area contributed by atoms with Crippen LogP contribution >= 0.6 is 27.3 Å². The molecule has 0 bridgehead atoms. The zero-order valence-electron chi connectivity index (χ0n) is 15.1. The van der Waals surface area contributed by atoms with E-state index in [9.17, 15) is 13.2 Å². The fourth-order valence-corrected chi connectivity index (χ4v) is 4.86. The van der Waals surface area contributed by atoms with Crippen LogP contribution in [0.4, 0.5) is 5.69 Å². The molecule has 3 rings (SSSR count). The van der Waals surface area contributed by atoms with Crippen LogP contribution in [0.25, 0.3) is 0 Å². The molecule has 0 unspecified atom stereocenters. The zero-order chi connectivity index (χ0) is 20.9. The lowest BCUT2D eigenvalue weighted by atomic mass is 10.2. The molecule has 0 fully saturated rings. The van der Waals surface area contributed by atoms with Crippen molar-refractivity contribution in [1.82, 2.24) is 5.43 Å². The van der Waals surface area contributed by atoms with Crippen molar-refractivity contribution in [2.75, 3.05) is 11.8 Å². The molecular formula is C19H16BrN3O4S2. The number of hydrazone groups is 1. The van der Waals surface area contributed by atoms with Gasteiger partial charge in [-0.1, -0.05) is 34.1 Å². The number of methoxy groups -OCH3 is 1. The predicted octanol–water partition coefficient (Wildman–Crippen LogP) is 4.08. The van der Waals surface area contributed by atoms with Crippen molar-refractivity contribution in [3.63, 3.8) is 0 Å². The van der Waals surface area contributed by atoms with Crippen molar-refractivity contribution < 1.29 is 17.9 Å². The molecule has 1 amide bonds. The lowest BCUT2D eigenvalue weighted by Crippen LogP contribution is -2.21. The van der Waals surface area contributed by atoms with Gasteiger partial charge in [0, 0.05) is 10.0 Å². The number of rotatable bonds is 7. The number of hydrogen-bond acceptors (Lipinski definition) is 6. The molecule has 1 heterocycles. The van der Waals surface area contributed by atoms with Crippen molar-refractivity contribution in [2.24, 2.45) is 5.10 Å². The summed E-state index contributed by atoms with van der Waals surface area (Å²) in [5, 5.41) is 5.62. The number of hydrogen-bond donors (Lipinski definition) is 2. The van der Waals surface area contributed by atoms with Gasteiger partial charge in [-0.05, 0) is 41.8 Å². The summed E-state index contributed by atoms with van der Waals surface area (Å²) in [7, 11) is -2.24. The molecule has 2 aromatic carbocycles. The molecule has 0 aliphatic carbocycles. The summed E-state index contributed by atoms with van der Waals surface area (Å²) in [6, 6.07) is 14.8. The molecular weight excluding hydrogens is 478 g/mol. The molecule has 0 aliphatic heterocycles. The van der Waals surface area contributed by atoms with Crippen LogP contribution < -0.4 is 14.9 Å². The first kappa shape index (κ1) is 21.0. The number of nitrogens with one attached hydrogen (secondary N) is 2. The van der Waals surface area contributed by atoms with Gasteiger partial charge in [0.05, 0.1) is 24.6 Å². The Kier molecular flexibility index (Phi) is 6.68. The van der Waals surface area contributed by atoms with Gasteiger partial charge >= 0.3 is 0 Å². The minimum absolute atomic E-state index is 0.144. The van der Waals surface area contributed by atoms with Gasteiger partial charge in [0.1, 0.15) is 9.96 Å². The maximum atomic E-state index is 12.6. The fraction of sp³-hybridized carbons (Fsp3) is 0.0526. The molecule has 0 radical (unpaired) electrons. The molecule has 29 heavy (non-hydrogen) atoms. The van der Waals surface area contributed by atoms with Crippen molar-refractivity contribution in [3.8, 4) is 5.75 Å². The monoisotopic (exact) mass is 493 g/mol. The van der Waals surface area contributed by atoms with Crippen LogP contribution in [-0.2, 0) is 10.0 Å². The largest absolute Gasteiger partial charge is 0.496 e. The highest BCUT2D eigenvalue weighted by Crippen LogP contribution is 2.23. The third-order valence-electron chi connectivity index (χ3n) is 3.74. The van der Waals surface area contributed by atoms with Crippen molar-refractivity contribution in [3.05, 3.63) is 75.6 Å². The van der Waals surface area contributed by atoms with Gasteiger partial charge in [-0.2, -0.15) is 5.10 Å². The lowest BCUT2D eigenvalue weighted by Gasteiger charge is -2.10. The Morgan fingerprint density at radius 3 is 2.69 bits per heavy atom. The summed E-state index contributed by atoms with van der Waals surface area (Å²) in [6.45, 7) is 0. The Morgan fingerprint density at radius 1 is 1.17 bits per heavy atom. The maximum Gasteiger partial charge on any atom is 0.273 e. The van der Waals surface area contributed by atoms with Crippen molar-refractivity contribution in [2.45, 2.75) is 4.21 Å². The second kappa shape index (κ2) is 9.21. The number of amides is 1. The van der Waals surface area contributed by atoms with E-state index >= 15 is 0 Å². The zero-order valence-corrected chi connectivity index (χ0v) is 18.3. The summed E-state index contributed by atoms with van der Waals surface area (Å²) in [6.07, 6.45) is 1.44. The molecule has 2 N–H and O–H groups in total. The van der Waals surface area contributed by atoms with E-state index < -0.39 is 15.9 Å². The van der Waals surface area contributed by atoms with Crippen LogP contribution in [0.3, 0.4) is 0 Å². The molecule has 0 aliphatic rings. The molecule has 0 saturated heterocycles. The van der Waals surface area contributed by atoms with Gasteiger partial charge in [0.25, 0.3) is 15.9 Å². The summed E-state index contributed by atoms with van der Waals surface area (Å²) < 4.78 is 33.6. The van der Waals surface area contributed by atoms with E-state index in [0.717, 1.165) is 15.8 Å². The Morgan fingerprint density at radius 2 is 1.97 bits per heavy atom. The third kappa shape index (κ3) is 5.22. The smallest absolute Gasteiger partial charge is 0.273 e. The lowest BCUT2D eigenvalue weighted by molar-refractivity contribution is 0.0956. The van der Waals surface area contributed by atoms with Crippen LogP contribution in [-0.4, -0.2) is 27.6 Å². The number of nitrogens with zero attached hydrogens (tertiary/aromatic N) is 1. The first-order valence-corrected chi connectivity index (χ1v) is 11.4. The highest BCUT2D eigenvalue weighted by molar-refractivity contribution is 9.10. The van der Waals surface area contributed by atoms with Gasteiger partial charge < -0.3 is 4.74 Å². The molecule has 1 aromatic heterocycles. The average Bonchev–Trinajstić information content (AvgIpc) is 3.24. The number of halogens is 1. The van der Waals surface area contributed by atoms with Crippen molar-refractivity contribution >= 4 is 55.1 Å². The quantitative estimate of drug-likeness (QED) is 0.382. The predicted molar refractivity (Wildman–Crippen MR) is 117 cm³/mol. The first-order valence-electron chi connectivity index (χ1n) is 8.23. The van der Waals surface area contributed by atoms with Gasteiger partial charge in [0.2, 0.25) is 0 Å². The minimum Gasteiger partial charge on any atom is -0.496 e. The van der Waals surface area contributed by atoms with Crippen LogP contribution in [0.5, 0.6) is 5.75 Å². The number of anilines is 1. The highest BCUT2D eigenvalue weighted by Gasteiger charge is 2.19. The Hall–Kier alpha value is -2.69. The Bertz CT molecular complexity index is 1150. The van der Waals surface area contributed by atoms with Crippen molar-refractivity contribution in [1.29, 1.82) is 0 Å². The second-order valence-electron chi connectivity index (χ2n) is 5.67. The molecule has 0 spiro atoms. The second-order valence-corrected chi connectivity index (χ2v) is 9.44. The first-order chi connectivity index (χ1) is 13.9. The van der Waals surface area contributed by atoms with Gasteiger partial charge in [-0.3, -0.25) is 9.52 Å². The van der Waals surface area contributed by atoms with Crippen LogP contribution in [0, 0.1) is 0 Å². The van der Waals surface area contributed by atoms with E-state index in [1.54, 1.807) is 35.7 Å². The number of thiophene rings is 1. The Balaban J connectivity index is 1.78. The molecule has 150 valence electrons. The molecule has 10 heteroatoms. The normalized spacial score (nSPS) is 11.4. The SMILES string of the molecule is COc1ccc(Br)cc1/C=N/NC(=O)c1ccccc1NS(=O)(=O)c1cccs1. The third-order valence-corrected chi connectivity index (χ3v) is 6.99. The number of para-hydroxylation sites is 1. The minimum atomic E-state index is -3.77. The van der Waals surface area contributed by atoms with E-state index in [2.05, 4.69) is 31.2 Å². The van der Waals surface area contributed by atoms with E-state index in [0.29, 0.717) is 11.3 Å². The number of ether oxygens (including phenoxy) is 1.